The van der Waals surface area contributed by atoms with Crippen molar-refractivity contribution in [2.24, 2.45) is 11.7 Å². The first-order valence-corrected chi connectivity index (χ1v) is 8.81. The van der Waals surface area contributed by atoms with Crippen LogP contribution in [0.1, 0.15) is 13.3 Å². The van der Waals surface area contributed by atoms with Crippen molar-refractivity contribution in [3.05, 3.63) is 30.3 Å². The molecule has 1 aliphatic rings. The fourth-order valence-electron chi connectivity index (χ4n) is 2.80. The van der Waals surface area contributed by atoms with Crippen LogP contribution in [0, 0.1) is 5.92 Å². The van der Waals surface area contributed by atoms with Crippen molar-refractivity contribution >= 4 is 15.9 Å². The van der Waals surface area contributed by atoms with E-state index >= 15 is 0 Å². The SMILES string of the molecule is CC1CC(CN)CN1C(=O)CN(C)S(=O)(=O)c1ccccc1. The average Bonchev–Trinajstić information content (AvgIpc) is 2.89. The van der Waals surface area contributed by atoms with Gasteiger partial charge in [-0.25, -0.2) is 8.42 Å². The van der Waals surface area contributed by atoms with Crippen LogP contribution in [0.2, 0.25) is 0 Å². The summed E-state index contributed by atoms with van der Waals surface area (Å²) in [5.41, 5.74) is 5.66. The van der Waals surface area contributed by atoms with Gasteiger partial charge in [0.25, 0.3) is 0 Å². The fourth-order valence-corrected chi connectivity index (χ4v) is 3.94. The number of nitrogens with two attached hydrogens (primary N) is 1. The summed E-state index contributed by atoms with van der Waals surface area (Å²) in [7, 11) is -2.21. The molecule has 1 saturated heterocycles. The zero-order valence-corrected chi connectivity index (χ0v) is 13.8. The number of rotatable bonds is 5. The molecule has 0 aliphatic carbocycles. The van der Waals surface area contributed by atoms with Crippen molar-refractivity contribution in [1.29, 1.82) is 0 Å². The lowest BCUT2D eigenvalue weighted by molar-refractivity contribution is -0.131. The summed E-state index contributed by atoms with van der Waals surface area (Å²) >= 11 is 0. The molecular formula is C15H23N3O3S. The molecule has 2 unspecified atom stereocenters. The van der Waals surface area contributed by atoms with Crippen molar-refractivity contribution in [3.8, 4) is 0 Å². The maximum atomic E-state index is 12.4. The molecule has 0 aromatic heterocycles. The molecule has 2 N–H and O–H groups in total. The van der Waals surface area contributed by atoms with E-state index in [2.05, 4.69) is 0 Å². The van der Waals surface area contributed by atoms with Crippen LogP contribution in [-0.4, -0.2) is 56.3 Å². The molecule has 1 aliphatic heterocycles. The summed E-state index contributed by atoms with van der Waals surface area (Å²) in [5.74, 6) is 0.125. The number of hydrogen-bond acceptors (Lipinski definition) is 4. The molecule has 1 aromatic carbocycles. The first-order chi connectivity index (χ1) is 10.4. The van der Waals surface area contributed by atoms with E-state index in [1.54, 1.807) is 23.1 Å². The lowest BCUT2D eigenvalue weighted by atomic mass is 10.1. The van der Waals surface area contributed by atoms with Crippen molar-refractivity contribution in [1.82, 2.24) is 9.21 Å². The molecule has 0 radical (unpaired) electrons. The van der Waals surface area contributed by atoms with E-state index in [4.69, 9.17) is 5.73 Å². The second kappa shape index (κ2) is 6.76. The molecule has 0 bridgehead atoms. The van der Waals surface area contributed by atoms with Crippen LogP contribution in [0.15, 0.2) is 35.2 Å². The molecule has 0 spiro atoms. The quantitative estimate of drug-likeness (QED) is 0.854. The molecule has 1 fully saturated rings. The summed E-state index contributed by atoms with van der Waals surface area (Å²) in [5, 5.41) is 0. The van der Waals surface area contributed by atoms with Gasteiger partial charge in [-0.1, -0.05) is 18.2 Å². The Kier molecular flexibility index (Phi) is 5.20. The second-order valence-corrected chi connectivity index (χ2v) is 7.85. The topological polar surface area (TPSA) is 83.7 Å². The Morgan fingerprint density at radius 1 is 1.36 bits per heavy atom. The number of likely N-dealkylation sites (N-methyl/N-ethyl adjacent to an activating group) is 1. The summed E-state index contributed by atoms with van der Waals surface area (Å²) in [6, 6.07) is 8.24. The number of nitrogens with zero attached hydrogens (tertiary/aromatic N) is 2. The van der Waals surface area contributed by atoms with E-state index in [0.29, 0.717) is 19.0 Å². The molecule has 122 valence electrons. The van der Waals surface area contributed by atoms with Gasteiger partial charge in [0.1, 0.15) is 0 Å². The van der Waals surface area contributed by atoms with Gasteiger partial charge in [-0.15, -0.1) is 0 Å². The van der Waals surface area contributed by atoms with Gasteiger partial charge in [0, 0.05) is 19.6 Å². The predicted molar refractivity (Wildman–Crippen MR) is 84.6 cm³/mol. The number of sulfonamides is 1. The van der Waals surface area contributed by atoms with Gasteiger partial charge in [0.15, 0.2) is 0 Å². The molecule has 6 nitrogen and oxygen atoms in total. The lowest BCUT2D eigenvalue weighted by Gasteiger charge is -2.24. The zero-order valence-electron chi connectivity index (χ0n) is 13.0. The van der Waals surface area contributed by atoms with Crippen LogP contribution < -0.4 is 5.73 Å². The van der Waals surface area contributed by atoms with E-state index in [0.717, 1.165) is 10.7 Å². The number of carbonyl (C=O) groups excluding carboxylic acids is 1. The number of carbonyl (C=O) groups is 1. The maximum absolute atomic E-state index is 12.4. The highest BCUT2D eigenvalue weighted by atomic mass is 32.2. The first kappa shape index (κ1) is 16.9. The minimum atomic E-state index is -3.64. The third-order valence-corrected chi connectivity index (χ3v) is 5.94. The van der Waals surface area contributed by atoms with E-state index in [1.165, 1.54) is 19.2 Å². The highest BCUT2D eigenvalue weighted by molar-refractivity contribution is 7.89. The Labute approximate surface area is 131 Å². The van der Waals surface area contributed by atoms with Crippen LogP contribution >= 0.6 is 0 Å². The normalized spacial score (nSPS) is 22.3. The van der Waals surface area contributed by atoms with E-state index < -0.39 is 10.0 Å². The minimum Gasteiger partial charge on any atom is -0.339 e. The smallest absolute Gasteiger partial charge is 0.243 e. The zero-order chi connectivity index (χ0) is 16.3. The minimum absolute atomic E-state index is 0.105. The van der Waals surface area contributed by atoms with Crippen LogP contribution in [0.3, 0.4) is 0 Å². The highest BCUT2D eigenvalue weighted by Gasteiger charge is 2.33. The van der Waals surface area contributed by atoms with Gasteiger partial charge in [-0.3, -0.25) is 4.79 Å². The summed E-state index contributed by atoms with van der Waals surface area (Å²) in [6.45, 7) is 2.97. The Hall–Kier alpha value is -1.44. The van der Waals surface area contributed by atoms with Gasteiger partial charge in [0.2, 0.25) is 15.9 Å². The van der Waals surface area contributed by atoms with E-state index in [1.807, 2.05) is 6.92 Å². The standard InChI is InChI=1S/C15H23N3O3S/c1-12-8-13(9-16)10-18(12)15(19)11-17(2)22(20,21)14-6-4-3-5-7-14/h3-7,12-13H,8-11,16H2,1-2H3. The molecule has 2 atom stereocenters. The Bertz CT molecular complexity index is 618. The molecule has 22 heavy (non-hydrogen) atoms. The Morgan fingerprint density at radius 3 is 2.55 bits per heavy atom. The van der Waals surface area contributed by atoms with Crippen LogP contribution in [-0.2, 0) is 14.8 Å². The summed E-state index contributed by atoms with van der Waals surface area (Å²) in [6.07, 6.45) is 0.872. The summed E-state index contributed by atoms with van der Waals surface area (Å²) in [4.78, 5) is 14.3. The number of hydrogen-bond donors (Lipinski definition) is 1. The third-order valence-electron chi connectivity index (χ3n) is 4.12. The lowest BCUT2D eigenvalue weighted by Crippen LogP contribution is -2.42. The number of benzene rings is 1. The van der Waals surface area contributed by atoms with Crippen LogP contribution in [0.5, 0.6) is 0 Å². The van der Waals surface area contributed by atoms with Gasteiger partial charge >= 0.3 is 0 Å². The van der Waals surface area contributed by atoms with Crippen LogP contribution in [0.4, 0.5) is 0 Å². The highest BCUT2D eigenvalue weighted by Crippen LogP contribution is 2.23. The Balaban J connectivity index is 2.06. The third kappa shape index (κ3) is 3.48. The number of amides is 1. The average molecular weight is 325 g/mol. The molecule has 0 saturated carbocycles. The predicted octanol–water partition coefficient (Wildman–Crippen LogP) is 0.503. The molecular weight excluding hydrogens is 302 g/mol. The van der Waals surface area contributed by atoms with Crippen LogP contribution in [0.25, 0.3) is 0 Å². The largest absolute Gasteiger partial charge is 0.339 e. The monoisotopic (exact) mass is 325 g/mol. The summed E-state index contributed by atoms with van der Waals surface area (Å²) < 4.78 is 25.9. The molecule has 1 heterocycles. The molecule has 1 aromatic rings. The first-order valence-electron chi connectivity index (χ1n) is 7.37. The van der Waals surface area contributed by atoms with Gasteiger partial charge in [-0.05, 0) is 37.9 Å². The van der Waals surface area contributed by atoms with Gasteiger partial charge < -0.3 is 10.6 Å². The van der Waals surface area contributed by atoms with E-state index in [9.17, 15) is 13.2 Å². The van der Waals surface area contributed by atoms with Gasteiger partial charge in [0.05, 0.1) is 11.4 Å². The number of likely N-dealkylation sites (tertiary alicyclic amines) is 1. The molecule has 2 rings (SSSR count). The van der Waals surface area contributed by atoms with E-state index in [-0.39, 0.29) is 23.4 Å². The van der Waals surface area contributed by atoms with Crippen molar-refractivity contribution in [2.75, 3.05) is 26.7 Å². The van der Waals surface area contributed by atoms with Crippen molar-refractivity contribution < 1.29 is 13.2 Å². The van der Waals surface area contributed by atoms with Crippen molar-refractivity contribution in [2.45, 2.75) is 24.3 Å². The van der Waals surface area contributed by atoms with Crippen molar-refractivity contribution in [3.63, 3.8) is 0 Å². The van der Waals surface area contributed by atoms with Gasteiger partial charge in [-0.2, -0.15) is 4.31 Å². The molecule has 1 amide bonds. The second-order valence-electron chi connectivity index (χ2n) is 5.81. The fraction of sp³-hybridized carbons (Fsp3) is 0.533. The molecule has 7 heteroatoms. The maximum Gasteiger partial charge on any atom is 0.243 e. The Morgan fingerprint density at radius 2 is 2.00 bits per heavy atom.